The quantitative estimate of drug-likeness (QED) is 0.207. The molecule has 0 atom stereocenters. The van der Waals surface area contributed by atoms with E-state index in [2.05, 4.69) is 58.5 Å². The van der Waals surface area contributed by atoms with Crippen LogP contribution in [0.5, 0.6) is 0 Å². The van der Waals surface area contributed by atoms with Crippen molar-refractivity contribution >= 4 is 37.2 Å². The van der Waals surface area contributed by atoms with Gasteiger partial charge >= 0.3 is 0 Å². The maximum absolute atomic E-state index is 10.9. The Morgan fingerprint density at radius 1 is 1.16 bits per heavy atom. The van der Waals surface area contributed by atoms with Gasteiger partial charge < -0.3 is 35.4 Å². The summed E-state index contributed by atoms with van der Waals surface area (Å²) < 4.78 is 5.79. The van der Waals surface area contributed by atoms with Gasteiger partial charge in [-0.1, -0.05) is 50.7 Å². The van der Waals surface area contributed by atoms with Gasteiger partial charge in [-0.05, 0) is 24.7 Å². The van der Waals surface area contributed by atoms with Crippen molar-refractivity contribution in [2.75, 3.05) is 48.1 Å². The molecule has 2 aliphatic heterocycles. The summed E-state index contributed by atoms with van der Waals surface area (Å²) in [5.74, 6) is 2.23. The number of hydrogen-bond acceptors (Lipinski definition) is 7. The predicted octanol–water partition coefficient (Wildman–Crippen LogP) is 4.23. The van der Waals surface area contributed by atoms with E-state index in [1.165, 1.54) is 16.9 Å². The molecule has 2 aromatic rings. The van der Waals surface area contributed by atoms with Crippen LogP contribution in [0.4, 0.5) is 22.0 Å². The van der Waals surface area contributed by atoms with Crippen molar-refractivity contribution in [3.8, 4) is 0 Å². The molecule has 0 spiro atoms. The molecule has 0 aliphatic carbocycles. The number of amides is 2. The van der Waals surface area contributed by atoms with E-state index in [1.54, 1.807) is 18.5 Å². The summed E-state index contributed by atoms with van der Waals surface area (Å²) in [5, 5.41) is 3.32. The number of nitrogens with zero attached hydrogens (tertiary/aromatic N) is 4. The van der Waals surface area contributed by atoms with Crippen molar-refractivity contribution in [3.05, 3.63) is 54.7 Å². The van der Waals surface area contributed by atoms with Crippen molar-refractivity contribution in [3.63, 3.8) is 0 Å². The summed E-state index contributed by atoms with van der Waals surface area (Å²) >= 11 is 0. The maximum atomic E-state index is 10.9. The number of anilines is 3. The van der Waals surface area contributed by atoms with E-state index in [1.807, 2.05) is 6.07 Å². The molecule has 4 rings (SSSR count). The van der Waals surface area contributed by atoms with Gasteiger partial charge in [0.1, 0.15) is 18.7 Å². The van der Waals surface area contributed by atoms with Crippen LogP contribution in [-0.4, -0.2) is 63.0 Å². The zero-order valence-corrected chi connectivity index (χ0v) is 34.6. The second-order valence-corrected chi connectivity index (χ2v) is 14.6. The summed E-state index contributed by atoms with van der Waals surface area (Å²) in [7, 11) is -0.992. The Morgan fingerprint density at radius 3 is 2.42 bits per heavy atom. The fourth-order valence-corrected chi connectivity index (χ4v) is 4.15. The molecule has 0 fully saturated rings. The average molecular weight is 1220 g/mol. The topological polar surface area (TPSA) is 111 Å². The molecule has 2 N–H and O–H groups in total. The van der Waals surface area contributed by atoms with Gasteiger partial charge in [-0.3, -0.25) is 4.98 Å². The number of aryl methyl sites for hydroxylation is 1. The minimum Gasteiger partial charge on any atom is -0.485 e. The second-order valence-electron chi connectivity index (χ2n) is 8.95. The van der Waals surface area contributed by atoms with Crippen LogP contribution in [-0.2, 0) is 100 Å². The molecule has 38 heavy (non-hydrogen) atoms. The standard InChI is InChI=1S/C13H22N3OSi.C9H10N3O.C2H2O.4W/c1-18(2,3)10-9-17-11-16-8-7-14-12-5-4-6-15-13(12)16;10-9(13)12-6-2-3-7-8(12)4-1-5-11-7;1-2-3;;;;/h5-6,14H,7-11H2,1-3H3;4-5H,2-3,6H2,(H2,10,13);1H2;;;;/q2*-1;;;;;/p-1. The van der Waals surface area contributed by atoms with Gasteiger partial charge in [-0.15, -0.1) is 0 Å². The van der Waals surface area contributed by atoms with E-state index < -0.39 is 14.1 Å². The SMILES string of the molecule is C=C=O.C[Si](C)(C)CCOCN1CCNc2c[c-]cnc21.[NH-]C(=O)N1CCCc2nc[c-]cc21.[W].[W].[W].[W]. The Kier molecular flexibility index (Phi) is 24.6. The van der Waals surface area contributed by atoms with Gasteiger partial charge in [-0.2, -0.15) is 5.69 Å². The molecule has 4 heterocycles. The van der Waals surface area contributed by atoms with Crippen LogP contribution in [0.25, 0.3) is 5.73 Å². The van der Waals surface area contributed by atoms with Gasteiger partial charge in [0, 0.05) is 112 Å². The van der Waals surface area contributed by atoms with Crippen LogP contribution in [0, 0.1) is 12.1 Å². The summed E-state index contributed by atoms with van der Waals surface area (Å²) in [4.78, 5) is 31.6. The van der Waals surface area contributed by atoms with E-state index in [0.717, 1.165) is 55.4 Å². The molecule has 2 aliphatic rings. The average Bonchev–Trinajstić information content (AvgIpc) is 2.82. The third kappa shape index (κ3) is 14.8. The molecule has 0 aromatic carbocycles. The summed E-state index contributed by atoms with van der Waals surface area (Å²) in [5.41, 5.74) is 9.74. The van der Waals surface area contributed by atoms with E-state index >= 15 is 0 Å². The number of aromatic nitrogens is 2. The molecular weight excluding hydrogens is 1180 g/mol. The minimum absolute atomic E-state index is 0. The number of hydrogen-bond donors (Lipinski definition) is 1. The molecule has 0 unspecified atom stereocenters. The molecule has 0 saturated carbocycles. The number of fused-ring (bicyclic) bond motifs is 2. The van der Waals surface area contributed by atoms with Gasteiger partial charge in [0.25, 0.3) is 0 Å². The fraction of sp³-hybridized carbons (Fsp3) is 0.458. The first-order valence-electron chi connectivity index (χ1n) is 11.2. The minimum atomic E-state index is -0.992. The first-order valence-corrected chi connectivity index (χ1v) is 14.9. The summed E-state index contributed by atoms with van der Waals surface area (Å²) in [6.45, 7) is 13.8. The zero-order chi connectivity index (χ0) is 25.0. The Bertz CT molecular complexity index is 978. The molecule has 208 valence electrons. The van der Waals surface area contributed by atoms with Crippen LogP contribution in [0.1, 0.15) is 12.1 Å². The number of nitrogens with one attached hydrogen (secondary N) is 2. The van der Waals surface area contributed by atoms with E-state index in [0.29, 0.717) is 13.3 Å². The number of carbonyl (C=O) groups is 1. The van der Waals surface area contributed by atoms with Crippen molar-refractivity contribution in [2.24, 2.45) is 0 Å². The van der Waals surface area contributed by atoms with Gasteiger partial charge in [-0.25, -0.2) is 29.1 Å². The molecule has 0 saturated heterocycles. The summed E-state index contributed by atoms with van der Waals surface area (Å²) in [6.07, 6.45) is 5.07. The Morgan fingerprint density at radius 2 is 1.79 bits per heavy atom. The predicted molar refractivity (Wildman–Crippen MR) is 138 cm³/mol. The molecular formula is C24H33N6O3SiW4-3. The first kappa shape index (κ1) is 42.0. The van der Waals surface area contributed by atoms with E-state index in [-0.39, 0.29) is 84.3 Å². The van der Waals surface area contributed by atoms with Crippen LogP contribution < -0.4 is 15.1 Å². The maximum Gasteiger partial charge on any atom is 0.140 e. The molecule has 0 radical (unpaired) electrons. The Labute approximate surface area is 284 Å². The number of ether oxygens (including phenoxy) is 1. The molecule has 14 heteroatoms. The van der Waals surface area contributed by atoms with Gasteiger partial charge in [0.2, 0.25) is 0 Å². The molecule has 9 nitrogen and oxygen atoms in total. The monoisotopic (exact) mass is 1220 g/mol. The van der Waals surface area contributed by atoms with Crippen molar-refractivity contribution in [2.45, 2.75) is 38.5 Å². The number of rotatable bonds is 5. The van der Waals surface area contributed by atoms with Gasteiger partial charge in [0.15, 0.2) is 0 Å². The Balaban J connectivity index is -0.000000548. The Hall–Kier alpha value is -0.450. The zero-order valence-electron chi connectivity index (χ0n) is 21.8. The molecule has 0 bridgehead atoms. The molecule has 2 aromatic heterocycles. The number of pyridine rings is 2. The van der Waals surface area contributed by atoms with E-state index in [9.17, 15) is 4.79 Å². The van der Waals surface area contributed by atoms with Gasteiger partial charge in [0.05, 0.1) is 5.82 Å². The first-order chi connectivity index (χ1) is 16.3. The number of urea groups is 1. The molecule has 2 amide bonds. The second kappa shape index (κ2) is 22.3. The fourth-order valence-electron chi connectivity index (χ4n) is 3.39. The van der Waals surface area contributed by atoms with Crippen molar-refractivity contribution in [1.82, 2.24) is 9.97 Å². The van der Waals surface area contributed by atoms with Crippen LogP contribution in [0.15, 0.2) is 31.1 Å². The normalized spacial score (nSPS) is 12.6. The van der Waals surface area contributed by atoms with Crippen LogP contribution in [0.3, 0.4) is 0 Å². The third-order valence-corrected chi connectivity index (χ3v) is 6.82. The smallest absolute Gasteiger partial charge is 0.140 e. The van der Waals surface area contributed by atoms with E-state index in [4.69, 9.17) is 15.3 Å². The third-order valence-electron chi connectivity index (χ3n) is 5.11. The van der Waals surface area contributed by atoms with Crippen LogP contribution in [0.2, 0.25) is 25.7 Å². The summed E-state index contributed by atoms with van der Waals surface area (Å²) in [6, 6.07) is 10.0. The van der Waals surface area contributed by atoms with Crippen molar-refractivity contribution in [1.29, 1.82) is 0 Å². The number of carbonyl (C=O) groups excluding carboxylic acids is 2. The van der Waals surface area contributed by atoms with Crippen molar-refractivity contribution < 1.29 is 98.6 Å². The largest absolute Gasteiger partial charge is 0.485 e. The van der Waals surface area contributed by atoms with Crippen LogP contribution >= 0.6 is 0 Å².